The summed E-state index contributed by atoms with van der Waals surface area (Å²) in [4.78, 5) is 21.0. The molecule has 0 aliphatic rings. The fraction of sp³-hybridized carbons (Fsp3) is 0.115. The minimum atomic E-state index is -0.966. The van der Waals surface area contributed by atoms with Crippen LogP contribution in [0.15, 0.2) is 84.9 Å². The van der Waals surface area contributed by atoms with Crippen molar-refractivity contribution in [3.8, 4) is 28.3 Å². The topological polar surface area (TPSA) is 83.3 Å². The number of hydrogen-bond acceptors (Lipinski definition) is 4. The minimum absolute atomic E-state index is 0.196. The van der Waals surface area contributed by atoms with Crippen LogP contribution < -0.4 is 0 Å². The lowest BCUT2D eigenvalue weighted by Crippen LogP contribution is -2.22. The summed E-state index contributed by atoms with van der Waals surface area (Å²) in [6.07, 6.45) is 0. The van der Waals surface area contributed by atoms with Gasteiger partial charge in [-0.1, -0.05) is 36.4 Å². The lowest BCUT2D eigenvalue weighted by molar-refractivity contribution is 0.0697. The van der Waals surface area contributed by atoms with Crippen molar-refractivity contribution in [3.63, 3.8) is 0 Å². The molecule has 0 amide bonds. The van der Waals surface area contributed by atoms with E-state index in [2.05, 4.69) is 13.8 Å². The summed E-state index contributed by atoms with van der Waals surface area (Å²) in [6.45, 7) is 4.11. The van der Waals surface area contributed by atoms with Gasteiger partial charge in [0.1, 0.15) is 5.75 Å². The lowest BCUT2D eigenvalue weighted by Gasteiger charge is -2.25. The zero-order valence-corrected chi connectivity index (χ0v) is 17.3. The number of aromatic carboxylic acids is 1. The normalized spacial score (nSPS) is 11.3. The Kier molecular flexibility index (Phi) is 5.26. The van der Waals surface area contributed by atoms with Gasteiger partial charge >= 0.3 is 5.97 Å². The second-order valence-corrected chi connectivity index (χ2v) is 7.88. The number of rotatable bonds is 5. The van der Waals surface area contributed by atoms with Crippen molar-refractivity contribution in [2.45, 2.75) is 19.3 Å². The summed E-state index contributed by atoms with van der Waals surface area (Å²) >= 11 is 0. The van der Waals surface area contributed by atoms with Crippen LogP contribution in [0.4, 0.5) is 0 Å². The van der Waals surface area contributed by atoms with Crippen LogP contribution in [0.3, 0.4) is 0 Å². The van der Waals surface area contributed by atoms with Crippen molar-refractivity contribution >= 4 is 5.97 Å². The maximum absolute atomic E-state index is 11.3. The molecule has 4 aromatic rings. The van der Waals surface area contributed by atoms with Gasteiger partial charge in [-0.05, 0) is 62.4 Å². The van der Waals surface area contributed by atoms with Gasteiger partial charge in [0.05, 0.1) is 28.3 Å². The van der Waals surface area contributed by atoms with E-state index in [4.69, 9.17) is 9.97 Å². The van der Waals surface area contributed by atoms with Crippen molar-refractivity contribution in [1.29, 1.82) is 0 Å². The van der Waals surface area contributed by atoms with Gasteiger partial charge in [-0.3, -0.25) is 9.97 Å². The van der Waals surface area contributed by atoms with E-state index in [0.717, 1.165) is 28.2 Å². The molecule has 154 valence electrons. The monoisotopic (exact) mass is 410 g/mol. The molecule has 31 heavy (non-hydrogen) atoms. The van der Waals surface area contributed by atoms with Crippen LogP contribution in [0.25, 0.3) is 22.5 Å². The Morgan fingerprint density at radius 3 is 1.81 bits per heavy atom. The summed E-state index contributed by atoms with van der Waals surface area (Å²) in [5.74, 6) is -0.770. The summed E-state index contributed by atoms with van der Waals surface area (Å²) < 4.78 is 0. The Balaban J connectivity index is 1.73. The van der Waals surface area contributed by atoms with Gasteiger partial charge < -0.3 is 10.2 Å². The molecule has 0 aliphatic carbocycles. The van der Waals surface area contributed by atoms with Crippen molar-refractivity contribution in [3.05, 3.63) is 102 Å². The number of carbonyl (C=O) groups is 1. The summed E-state index contributed by atoms with van der Waals surface area (Å²) in [5.41, 5.74) is 4.47. The standard InChI is InChI=1S/C26H22N2O3/c1-26(2,24-14-6-12-22(28-24)18-8-4-10-20(29)16-18)23-13-5-11-21(27-23)17-7-3-9-19(15-17)25(30)31/h3-16,29H,1-2H3,(H,30,31). The third-order valence-electron chi connectivity index (χ3n) is 5.33. The van der Waals surface area contributed by atoms with E-state index in [1.54, 1.807) is 36.4 Å². The highest BCUT2D eigenvalue weighted by molar-refractivity contribution is 5.89. The number of aromatic nitrogens is 2. The molecule has 2 heterocycles. The Morgan fingerprint density at radius 2 is 1.26 bits per heavy atom. The van der Waals surface area contributed by atoms with Gasteiger partial charge in [-0.2, -0.15) is 0 Å². The van der Waals surface area contributed by atoms with E-state index in [9.17, 15) is 15.0 Å². The van der Waals surface area contributed by atoms with Gasteiger partial charge in [0.2, 0.25) is 0 Å². The molecule has 2 aromatic carbocycles. The number of nitrogens with zero attached hydrogens (tertiary/aromatic N) is 2. The van der Waals surface area contributed by atoms with E-state index in [1.807, 2.05) is 48.5 Å². The first-order chi connectivity index (χ1) is 14.8. The fourth-order valence-corrected chi connectivity index (χ4v) is 3.50. The predicted molar refractivity (Wildman–Crippen MR) is 120 cm³/mol. The van der Waals surface area contributed by atoms with Crippen LogP contribution in [-0.2, 0) is 5.41 Å². The van der Waals surface area contributed by atoms with Crippen LogP contribution in [0.5, 0.6) is 5.75 Å². The fourth-order valence-electron chi connectivity index (χ4n) is 3.50. The van der Waals surface area contributed by atoms with Gasteiger partial charge in [0.15, 0.2) is 0 Å². The Bertz CT molecular complexity index is 1260. The van der Waals surface area contributed by atoms with Crippen LogP contribution in [0.2, 0.25) is 0 Å². The zero-order chi connectivity index (χ0) is 22.0. The van der Waals surface area contributed by atoms with Gasteiger partial charge in [0, 0.05) is 16.5 Å². The van der Waals surface area contributed by atoms with Crippen molar-refractivity contribution in [2.24, 2.45) is 0 Å². The van der Waals surface area contributed by atoms with E-state index in [1.165, 1.54) is 0 Å². The van der Waals surface area contributed by atoms with Crippen LogP contribution in [-0.4, -0.2) is 26.2 Å². The first-order valence-electron chi connectivity index (χ1n) is 9.93. The summed E-state index contributed by atoms with van der Waals surface area (Å²) in [6, 6.07) is 25.4. The molecule has 2 N–H and O–H groups in total. The smallest absolute Gasteiger partial charge is 0.335 e. The molecule has 4 rings (SSSR count). The molecule has 0 saturated carbocycles. The van der Waals surface area contributed by atoms with Gasteiger partial charge in [-0.25, -0.2) is 4.79 Å². The Hall–Kier alpha value is -3.99. The average molecular weight is 410 g/mol. The number of pyridine rings is 2. The Morgan fingerprint density at radius 1 is 0.742 bits per heavy atom. The van der Waals surface area contributed by atoms with E-state index in [0.29, 0.717) is 5.69 Å². The predicted octanol–water partition coefficient (Wildman–Crippen LogP) is 5.54. The first-order valence-corrected chi connectivity index (χ1v) is 9.93. The molecule has 0 spiro atoms. The molecule has 0 radical (unpaired) electrons. The number of hydrogen-bond donors (Lipinski definition) is 2. The number of phenolic OH excluding ortho intramolecular Hbond substituents is 1. The van der Waals surface area contributed by atoms with Crippen LogP contribution >= 0.6 is 0 Å². The number of aromatic hydroxyl groups is 1. The molecule has 0 aliphatic heterocycles. The van der Waals surface area contributed by atoms with Crippen LogP contribution in [0, 0.1) is 0 Å². The van der Waals surface area contributed by atoms with Gasteiger partial charge in [-0.15, -0.1) is 0 Å². The first kappa shape index (κ1) is 20.3. The highest BCUT2D eigenvalue weighted by Gasteiger charge is 2.27. The number of carboxylic acids is 1. The average Bonchev–Trinajstić information content (AvgIpc) is 2.79. The SMILES string of the molecule is CC(C)(c1cccc(-c2cccc(O)c2)n1)c1cccc(-c2cccc(C(=O)O)c2)n1. The molecule has 0 fully saturated rings. The van der Waals surface area contributed by atoms with Crippen molar-refractivity contribution < 1.29 is 15.0 Å². The van der Waals surface area contributed by atoms with Crippen LogP contribution in [0.1, 0.15) is 35.6 Å². The molecule has 2 aromatic heterocycles. The minimum Gasteiger partial charge on any atom is -0.508 e. The number of carboxylic acid groups (broad SMARTS) is 1. The highest BCUT2D eigenvalue weighted by atomic mass is 16.4. The van der Waals surface area contributed by atoms with Gasteiger partial charge in [0.25, 0.3) is 0 Å². The third-order valence-corrected chi connectivity index (χ3v) is 5.33. The molecule has 0 unspecified atom stereocenters. The van der Waals surface area contributed by atoms with E-state index < -0.39 is 11.4 Å². The maximum Gasteiger partial charge on any atom is 0.335 e. The number of benzene rings is 2. The molecule has 0 saturated heterocycles. The molecule has 0 bridgehead atoms. The second-order valence-electron chi connectivity index (χ2n) is 7.88. The zero-order valence-electron chi connectivity index (χ0n) is 17.3. The second kappa shape index (κ2) is 8.03. The molecule has 5 nitrogen and oxygen atoms in total. The highest BCUT2D eigenvalue weighted by Crippen LogP contribution is 2.32. The maximum atomic E-state index is 11.3. The lowest BCUT2D eigenvalue weighted by atomic mass is 9.84. The van der Waals surface area contributed by atoms with E-state index >= 15 is 0 Å². The number of phenols is 1. The summed E-state index contributed by atoms with van der Waals surface area (Å²) in [7, 11) is 0. The molecular weight excluding hydrogens is 388 g/mol. The summed E-state index contributed by atoms with van der Waals surface area (Å²) in [5, 5.41) is 19.1. The molecular formula is C26H22N2O3. The molecule has 0 atom stereocenters. The third kappa shape index (κ3) is 4.16. The quantitative estimate of drug-likeness (QED) is 0.451. The van der Waals surface area contributed by atoms with E-state index in [-0.39, 0.29) is 11.3 Å². The molecule has 5 heteroatoms. The van der Waals surface area contributed by atoms with Crippen molar-refractivity contribution in [2.75, 3.05) is 0 Å². The van der Waals surface area contributed by atoms with Crippen molar-refractivity contribution in [1.82, 2.24) is 9.97 Å². The Labute approximate surface area is 180 Å². The largest absolute Gasteiger partial charge is 0.508 e.